The number of ketones is 3. The Morgan fingerprint density at radius 3 is 2.26 bits per heavy atom. The van der Waals surface area contributed by atoms with Crippen LogP contribution in [-0.4, -0.2) is 115 Å². The number of cyclic esters (lactones) is 1. The normalized spacial score (nSPS) is 28.5. The monoisotopic (exact) mass is 856 g/mol. The van der Waals surface area contributed by atoms with Gasteiger partial charge in [-0.3, -0.25) is 19.2 Å². The number of fused-ring (bicyclic) bond motifs is 2. The molecule has 3 aliphatic rings. The van der Waals surface area contributed by atoms with E-state index in [9.17, 15) is 34.2 Å². The van der Waals surface area contributed by atoms with E-state index in [2.05, 4.69) is 0 Å². The predicted molar refractivity (Wildman–Crippen MR) is 235 cm³/mol. The number of carbonyl (C=O) groups excluding carboxylic acids is 5. The van der Waals surface area contributed by atoms with Gasteiger partial charge >= 0.3 is 5.97 Å². The van der Waals surface area contributed by atoms with Gasteiger partial charge in [0.1, 0.15) is 30.1 Å². The molecule has 344 valence electrons. The molecule has 2 heterocycles. The molecule has 0 spiro atoms. The van der Waals surface area contributed by atoms with Gasteiger partial charge in [-0.2, -0.15) is 0 Å². The summed E-state index contributed by atoms with van der Waals surface area (Å²) in [4.78, 5) is 69.8. The zero-order chi connectivity index (χ0) is 45.8. The second-order valence-corrected chi connectivity index (χ2v) is 18.8. The molecule has 0 aromatic carbocycles. The first kappa shape index (κ1) is 52.1. The van der Waals surface area contributed by atoms with Gasteiger partial charge in [0.2, 0.25) is 5.78 Å². The third-order valence-electron chi connectivity index (χ3n) is 13.9. The van der Waals surface area contributed by atoms with Crippen molar-refractivity contribution in [3.63, 3.8) is 0 Å². The van der Waals surface area contributed by atoms with E-state index in [4.69, 9.17) is 18.9 Å². The standard InChI is InChI=1S/C49H77NO11/c1-13-49(8,9)46(55)47(56)50-22-21-36-27-38(50)48(57)61-41(37(36)25-35-19-20-39(51)42(26-35)59-11)28-40(52)31(4)24-33(6)44(54)45(60-12)43(53)32(5)23-29(2)17-15-14-16-18-30(3)34(7)58-10/h14-18,24,29,31-32,34-39,41-42,44-45,51,54H,13,19-23,25-28H2,1-12H3/b16-14+,17-15+,30-18+,33-24+/t29-,31-,32-,34+,35+,36+,37?,38+,39-,41+,42-,44-,45+/m1/s1. The molecular weight excluding hydrogens is 779 g/mol. The Labute approximate surface area is 365 Å². The number of piperidine rings is 1. The third kappa shape index (κ3) is 14.1. The number of allylic oxidation sites excluding steroid dienone is 6. The molecule has 0 aromatic rings. The van der Waals surface area contributed by atoms with Crippen LogP contribution in [0.1, 0.15) is 120 Å². The average molecular weight is 856 g/mol. The van der Waals surface area contributed by atoms with Gasteiger partial charge in [0, 0.05) is 51.5 Å². The van der Waals surface area contributed by atoms with Crippen molar-refractivity contribution in [2.24, 2.45) is 40.9 Å². The van der Waals surface area contributed by atoms with Crippen LogP contribution in [0.5, 0.6) is 0 Å². The van der Waals surface area contributed by atoms with Crippen LogP contribution in [0.25, 0.3) is 0 Å². The number of Topliss-reactive ketones (excluding diaryl/α,β-unsaturated/α-hetero) is 3. The van der Waals surface area contributed by atoms with Crippen LogP contribution in [0.3, 0.4) is 0 Å². The summed E-state index contributed by atoms with van der Waals surface area (Å²) in [5.74, 6) is -3.35. The molecule has 61 heavy (non-hydrogen) atoms. The number of aliphatic hydroxyl groups is 2. The number of methoxy groups -OCH3 is 3. The summed E-state index contributed by atoms with van der Waals surface area (Å²) in [6.07, 6.45) is 12.0. The fourth-order valence-electron chi connectivity index (χ4n) is 9.12. The first-order valence-electron chi connectivity index (χ1n) is 22.5. The number of hydrogen-bond acceptors (Lipinski definition) is 11. The lowest BCUT2D eigenvalue weighted by Gasteiger charge is -2.40. The SMILES string of the molecule is CCC(C)(C)C(=O)C(=O)N1CC[C@H]2C[C@H]1C(=O)O[C@@H](CC(=O)[C@H](C)/C=C(\C)[C@@H](O)[C@@H](OC)C(=O)[C@H](C)C[C@H](C)/C=C/C=C/C=C(\C)[C@H](C)OC)C2C[C@@H]1CC[C@@H](O)[C@H](OC)C1. The van der Waals surface area contributed by atoms with Crippen molar-refractivity contribution in [1.82, 2.24) is 4.90 Å². The fraction of sp³-hybridized carbons (Fsp3) is 0.735. The summed E-state index contributed by atoms with van der Waals surface area (Å²) in [7, 11) is 4.66. The lowest BCUT2D eigenvalue weighted by molar-refractivity contribution is -0.163. The first-order valence-corrected chi connectivity index (χ1v) is 22.5. The van der Waals surface area contributed by atoms with E-state index in [1.807, 2.05) is 65.0 Å². The highest BCUT2D eigenvalue weighted by Gasteiger charge is 2.50. The van der Waals surface area contributed by atoms with Gasteiger partial charge in [-0.05, 0) is 107 Å². The summed E-state index contributed by atoms with van der Waals surface area (Å²) in [6, 6.07) is -0.927. The molecule has 12 nitrogen and oxygen atoms in total. The quantitative estimate of drug-likeness (QED) is 0.0501. The minimum atomic E-state index is -1.28. The van der Waals surface area contributed by atoms with E-state index in [-0.39, 0.29) is 60.4 Å². The molecule has 1 saturated carbocycles. The summed E-state index contributed by atoms with van der Waals surface area (Å²) in [6.45, 7) is 16.8. The van der Waals surface area contributed by atoms with E-state index >= 15 is 0 Å². The Kier molecular flexibility index (Phi) is 20.4. The number of carbonyl (C=O) groups is 5. The summed E-state index contributed by atoms with van der Waals surface area (Å²) < 4.78 is 22.7. The van der Waals surface area contributed by atoms with Crippen molar-refractivity contribution in [2.75, 3.05) is 27.9 Å². The van der Waals surface area contributed by atoms with Gasteiger partial charge in [-0.1, -0.05) is 78.0 Å². The van der Waals surface area contributed by atoms with Crippen LogP contribution in [0.15, 0.2) is 47.6 Å². The van der Waals surface area contributed by atoms with Gasteiger partial charge in [-0.25, -0.2) is 4.79 Å². The molecule has 13 atom stereocenters. The van der Waals surface area contributed by atoms with Gasteiger partial charge in [0.25, 0.3) is 5.91 Å². The van der Waals surface area contributed by atoms with E-state index in [0.29, 0.717) is 50.5 Å². The minimum Gasteiger partial charge on any atom is -0.460 e. The topological polar surface area (TPSA) is 166 Å². The van der Waals surface area contributed by atoms with Crippen molar-refractivity contribution in [3.05, 3.63) is 47.6 Å². The number of aliphatic hydroxyl groups excluding tert-OH is 2. The van der Waals surface area contributed by atoms with Crippen molar-refractivity contribution in [2.45, 2.75) is 163 Å². The summed E-state index contributed by atoms with van der Waals surface area (Å²) in [5, 5.41) is 21.9. The van der Waals surface area contributed by atoms with Gasteiger partial charge in [-0.15, -0.1) is 0 Å². The van der Waals surface area contributed by atoms with E-state index in [1.165, 1.54) is 12.0 Å². The molecule has 1 amide bonds. The number of rotatable bonds is 22. The average Bonchev–Trinajstić information content (AvgIpc) is 3.32. The maximum atomic E-state index is 14.1. The second-order valence-electron chi connectivity index (χ2n) is 18.8. The van der Waals surface area contributed by atoms with E-state index < -0.39 is 65.4 Å². The molecule has 0 aromatic heterocycles. The lowest BCUT2D eigenvalue weighted by Crippen LogP contribution is -2.54. The number of hydrogen-bond donors (Lipinski definition) is 2. The van der Waals surface area contributed by atoms with Crippen LogP contribution in [0, 0.1) is 40.9 Å². The minimum absolute atomic E-state index is 0.0378. The number of ether oxygens (including phenoxy) is 4. The predicted octanol–water partition coefficient (Wildman–Crippen LogP) is 6.95. The van der Waals surface area contributed by atoms with Crippen LogP contribution in [0.4, 0.5) is 0 Å². The Hall–Kier alpha value is -3.29. The highest BCUT2D eigenvalue weighted by atomic mass is 16.5. The Morgan fingerprint density at radius 1 is 0.951 bits per heavy atom. The molecule has 12 heteroatoms. The molecule has 2 N–H and O–H groups in total. The van der Waals surface area contributed by atoms with Crippen molar-refractivity contribution in [1.29, 1.82) is 0 Å². The molecule has 2 aliphatic heterocycles. The number of amides is 1. The Morgan fingerprint density at radius 2 is 1.64 bits per heavy atom. The van der Waals surface area contributed by atoms with Crippen LogP contribution < -0.4 is 0 Å². The Balaban J connectivity index is 1.76. The smallest absolute Gasteiger partial charge is 0.329 e. The number of nitrogens with zero attached hydrogens (tertiary/aromatic N) is 1. The second kappa shape index (κ2) is 24.0. The molecule has 0 radical (unpaired) electrons. The first-order chi connectivity index (χ1) is 28.7. The van der Waals surface area contributed by atoms with Crippen LogP contribution in [0.2, 0.25) is 0 Å². The van der Waals surface area contributed by atoms with Crippen molar-refractivity contribution >= 4 is 29.2 Å². The molecule has 1 unspecified atom stereocenters. The zero-order valence-corrected chi connectivity index (χ0v) is 39.1. The maximum Gasteiger partial charge on any atom is 0.329 e. The molecule has 3 rings (SSSR count). The molecule has 1 aliphatic carbocycles. The Bertz CT molecular complexity index is 1630. The maximum absolute atomic E-state index is 14.1. The van der Waals surface area contributed by atoms with Gasteiger partial charge in [0.15, 0.2) is 5.78 Å². The molecule has 2 bridgehead atoms. The highest BCUT2D eigenvalue weighted by molar-refractivity contribution is 6.38. The van der Waals surface area contributed by atoms with E-state index in [0.717, 1.165) is 12.0 Å². The van der Waals surface area contributed by atoms with Crippen LogP contribution >= 0.6 is 0 Å². The van der Waals surface area contributed by atoms with Gasteiger partial charge in [0.05, 0.1) is 18.3 Å². The largest absolute Gasteiger partial charge is 0.460 e. The van der Waals surface area contributed by atoms with Gasteiger partial charge < -0.3 is 34.1 Å². The van der Waals surface area contributed by atoms with E-state index in [1.54, 1.807) is 48.0 Å². The number of esters is 1. The van der Waals surface area contributed by atoms with Crippen LogP contribution in [-0.2, 0) is 42.9 Å². The highest BCUT2D eigenvalue weighted by Crippen LogP contribution is 2.43. The molecule has 3 fully saturated rings. The van der Waals surface area contributed by atoms with Crippen molar-refractivity contribution in [3.8, 4) is 0 Å². The third-order valence-corrected chi connectivity index (χ3v) is 13.9. The number of likely N-dealkylation sites (tertiary alicyclic amines) is 1. The molecule has 2 saturated heterocycles. The lowest BCUT2D eigenvalue weighted by atomic mass is 9.70. The fourth-order valence-corrected chi connectivity index (χ4v) is 9.12. The van der Waals surface area contributed by atoms with Crippen molar-refractivity contribution < 1.29 is 53.1 Å². The summed E-state index contributed by atoms with van der Waals surface area (Å²) in [5.41, 5.74) is 0.654. The molecular formula is C49H77NO11. The zero-order valence-electron chi connectivity index (χ0n) is 39.1. The summed E-state index contributed by atoms with van der Waals surface area (Å²) >= 11 is 0.